The minimum absolute atomic E-state index is 0.0142. The Kier molecular flexibility index (Phi) is 3.98. The molecule has 1 aliphatic heterocycles. The summed E-state index contributed by atoms with van der Waals surface area (Å²) in [5.41, 5.74) is 0.500. The van der Waals surface area contributed by atoms with Gasteiger partial charge in [0.1, 0.15) is 17.8 Å². The maximum atomic E-state index is 11.7. The minimum Gasteiger partial charge on any atom is -0.458 e. The van der Waals surface area contributed by atoms with Gasteiger partial charge in [0.2, 0.25) is 0 Å². The van der Waals surface area contributed by atoms with Crippen LogP contribution in [0.2, 0.25) is 0 Å². The highest BCUT2D eigenvalue weighted by Crippen LogP contribution is 2.35. The number of carbonyl (C=O) groups excluding carboxylic acids is 2. The lowest BCUT2D eigenvalue weighted by Crippen LogP contribution is -2.47. The van der Waals surface area contributed by atoms with E-state index in [9.17, 15) is 9.59 Å². The van der Waals surface area contributed by atoms with E-state index in [4.69, 9.17) is 4.74 Å². The number of esters is 1. The van der Waals surface area contributed by atoms with Crippen LogP contribution in [0.4, 0.5) is 0 Å². The normalized spacial score (nSPS) is 23.5. The lowest BCUT2D eigenvalue weighted by Gasteiger charge is -2.39. The van der Waals surface area contributed by atoms with Crippen molar-refractivity contribution in [2.45, 2.75) is 45.1 Å². The first-order chi connectivity index (χ1) is 9.02. The molecule has 1 aromatic rings. The number of aryl methyl sites for hydroxylation is 1. The quantitative estimate of drug-likeness (QED) is 0.616. The standard InChI is InChI=1S/C15H19NO3/c1-11(2)15(10-13(17)9-14(18)19-15)6-3-12-4-7-16-8-5-12/h4-5,7-8,11H,3,6,9-10H2,1-2H3. The van der Waals surface area contributed by atoms with Crippen LogP contribution in [0.3, 0.4) is 0 Å². The van der Waals surface area contributed by atoms with Gasteiger partial charge in [0.25, 0.3) is 0 Å². The number of pyridine rings is 1. The van der Waals surface area contributed by atoms with Gasteiger partial charge in [-0.15, -0.1) is 0 Å². The summed E-state index contributed by atoms with van der Waals surface area (Å²) in [6, 6.07) is 3.89. The number of cyclic esters (lactones) is 1. The summed E-state index contributed by atoms with van der Waals surface area (Å²) in [6.45, 7) is 4.00. The van der Waals surface area contributed by atoms with Crippen molar-refractivity contribution < 1.29 is 14.3 Å². The number of Topliss-reactive ketones (excluding diaryl/α,β-unsaturated/α-hetero) is 1. The molecule has 1 atom stereocenters. The largest absolute Gasteiger partial charge is 0.458 e. The summed E-state index contributed by atoms with van der Waals surface area (Å²) in [4.78, 5) is 27.2. The van der Waals surface area contributed by atoms with Gasteiger partial charge in [-0.2, -0.15) is 0 Å². The van der Waals surface area contributed by atoms with Crippen LogP contribution < -0.4 is 0 Å². The van der Waals surface area contributed by atoms with Gasteiger partial charge >= 0.3 is 5.97 Å². The molecule has 0 saturated carbocycles. The molecule has 0 bridgehead atoms. The predicted molar refractivity (Wildman–Crippen MR) is 70.5 cm³/mol. The number of carbonyl (C=O) groups is 2. The van der Waals surface area contributed by atoms with Gasteiger partial charge in [-0.25, -0.2) is 0 Å². The van der Waals surface area contributed by atoms with Crippen LogP contribution in [-0.2, 0) is 20.7 Å². The topological polar surface area (TPSA) is 56.3 Å². The zero-order valence-corrected chi connectivity index (χ0v) is 11.4. The Morgan fingerprint density at radius 3 is 2.58 bits per heavy atom. The Morgan fingerprint density at radius 1 is 1.32 bits per heavy atom. The summed E-state index contributed by atoms with van der Waals surface area (Å²) in [7, 11) is 0. The van der Waals surface area contributed by atoms with E-state index in [1.54, 1.807) is 12.4 Å². The number of ketones is 1. The van der Waals surface area contributed by atoms with Crippen LogP contribution in [0.5, 0.6) is 0 Å². The second-order valence-corrected chi connectivity index (χ2v) is 5.44. The summed E-state index contributed by atoms with van der Waals surface area (Å²) in [6.07, 6.45) is 5.20. The van der Waals surface area contributed by atoms with E-state index in [1.807, 2.05) is 26.0 Å². The zero-order chi connectivity index (χ0) is 13.9. The average molecular weight is 261 g/mol. The van der Waals surface area contributed by atoms with Gasteiger partial charge in [0, 0.05) is 18.8 Å². The van der Waals surface area contributed by atoms with Gasteiger partial charge in [-0.3, -0.25) is 14.6 Å². The second-order valence-electron chi connectivity index (χ2n) is 5.44. The number of hydrogen-bond acceptors (Lipinski definition) is 4. The number of nitrogens with zero attached hydrogens (tertiary/aromatic N) is 1. The van der Waals surface area contributed by atoms with Crippen molar-refractivity contribution >= 4 is 11.8 Å². The molecule has 1 saturated heterocycles. The summed E-state index contributed by atoms with van der Waals surface area (Å²) >= 11 is 0. The molecular weight excluding hydrogens is 242 g/mol. The van der Waals surface area contributed by atoms with Crippen molar-refractivity contribution in [3.63, 3.8) is 0 Å². The molecule has 1 aliphatic rings. The first-order valence-electron chi connectivity index (χ1n) is 6.64. The second kappa shape index (κ2) is 5.51. The van der Waals surface area contributed by atoms with Gasteiger partial charge < -0.3 is 4.74 Å². The smallest absolute Gasteiger partial charge is 0.313 e. The van der Waals surface area contributed by atoms with E-state index < -0.39 is 5.60 Å². The van der Waals surface area contributed by atoms with Crippen LogP contribution in [0.1, 0.15) is 38.7 Å². The van der Waals surface area contributed by atoms with E-state index in [2.05, 4.69) is 4.98 Å². The molecule has 0 spiro atoms. The molecule has 19 heavy (non-hydrogen) atoms. The van der Waals surface area contributed by atoms with Crippen LogP contribution in [0.15, 0.2) is 24.5 Å². The summed E-state index contributed by atoms with van der Waals surface area (Å²) in [5, 5.41) is 0. The van der Waals surface area contributed by atoms with Crippen molar-refractivity contribution in [2.24, 2.45) is 5.92 Å². The maximum absolute atomic E-state index is 11.7. The van der Waals surface area contributed by atoms with Gasteiger partial charge in [-0.05, 0) is 36.5 Å². The SMILES string of the molecule is CC(C)C1(CCc2ccncc2)CC(=O)CC(=O)O1. The fourth-order valence-electron chi connectivity index (χ4n) is 2.51. The Balaban J connectivity index is 2.11. The molecule has 0 radical (unpaired) electrons. The van der Waals surface area contributed by atoms with Crippen molar-refractivity contribution in [2.75, 3.05) is 0 Å². The summed E-state index contributed by atoms with van der Waals surface area (Å²) in [5.74, 6) is -0.276. The first kappa shape index (κ1) is 13.7. The molecule has 0 aliphatic carbocycles. The minimum atomic E-state index is -0.643. The monoisotopic (exact) mass is 261 g/mol. The van der Waals surface area contributed by atoms with Crippen LogP contribution in [0.25, 0.3) is 0 Å². The molecular formula is C15H19NO3. The lowest BCUT2D eigenvalue weighted by atomic mass is 9.78. The van der Waals surface area contributed by atoms with E-state index in [0.29, 0.717) is 12.8 Å². The average Bonchev–Trinajstić information content (AvgIpc) is 2.36. The highest BCUT2D eigenvalue weighted by atomic mass is 16.6. The number of aromatic nitrogens is 1. The molecule has 0 amide bonds. The molecule has 2 rings (SSSR count). The molecule has 1 aromatic heterocycles. The maximum Gasteiger partial charge on any atom is 0.313 e. The van der Waals surface area contributed by atoms with Gasteiger partial charge in [0.15, 0.2) is 0 Å². The molecule has 1 fully saturated rings. The van der Waals surface area contributed by atoms with Crippen molar-refractivity contribution in [3.05, 3.63) is 30.1 Å². The molecule has 0 aromatic carbocycles. The fraction of sp³-hybridized carbons (Fsp3) is 0.533. The van der Waals surface area contributed by atoms with Crippen LogP contribution in [0, 0.1) is 5.92 Å². The Hall–Kier alpha value is -1.71. The molecule has 0 N–H and O–H groups in total. The molecule has 2 heterocycles. The lowest BCUT2D eigenvalue weighted by molar-refractivity contribution is -0.177. The van der Waals surface area contributed by atoms with Crippen molar-refractivity contribution in [1.29, 1.82) is 0 Å². The number of hydrogen-bond donors (Lipinski definition) is 0. The summed E-state index contributed by atoms with van der Waals surface area (Å²) < 4.78 is 5.55. The molecule has 1 unspecified atom stereocenters. The van der Waals surface area contributed by atoms with E-state index in [0.717, 1.165) is 12.0 Å². The predicted octanol–water partition coefficient (Wildman–Crippen LogP) is 2.32. The third-order valence-corrected chi connectivity index (χ3v) is 3.79. The Labute approximate surface area is 113 Å². The fourth-order valence-corrected chi connectivity index (χ4v) is 2.51. The molecule has 102 valence electrons. The first-order valence-corrected chi connectivity index (χ1v) is 6.64. The zero-order valence-electron chi connectivity index (χ0n) is 11.4. The Bertz CT molecular complexity index is 452. The Morgan fingerprint density at radius 2 is 2.00 bits per heavy atom. The van der Waals surface area contributed by atoms with Crippen molar-refractivity contribution in [3.8, 4) is 0 Å². The number of ether oxygens (including phenoxy) is 1. The molecule has 4 nitrogen and oxygen atoms in total. The number of rotatable bonds is 4. The van der Waals surface area contributed by atoms with E-state index in [1.165, 1.54) is 0 Å². The third kappa shape index (κ3) is 3.19. The van der Waals surface area contributed by atoms with Crippen molar-refractivity contribution in [1.82, 2.24) is 4.98 Å². The van der Waals surface area contributed by atoms with Crippen LogP contribution >= 0.6 is 0 Å². The molecule has 4 heteroatoms. The highest BCUT2D eigenvalue weighted by Gasteiger charge is 2.43. The highest BCUT2D eigenvalue weighted by molar-refractivity contribution is 5.98. The van der Waals surface area contributed by atoms with Gasteiger partial charge in [-0.1, -0.05) is 13.8 Å². The van der Waals surface area contributed by atoms with E-state index >= 15 is 0 Å². The third-order valence-electron chi connectivity index (χ3n) is 3.79. The van der Waals surface area contributed by atoms with Crippen LogP contribution in [-0.4, -0.2) is 22.3 Å². The van der Waals surface area contributed by atoms with E-state index in [-0.39, 0.29) is 24.1 Å². The van der Waals surface area contributed by atoms with Gasteiger partial charge in [0.05, 0.1) is 0 Å².